The first-order valence-corrected chi connectivity index (χ1v) is 8.46. The smallest absolute Gasteiger partial charge is 0.245 e. The molecule has 2 atom stereocenters. The zero-order chi connectivity index (χ0) is 14.7. The first kappa shape index (κ1) is 15.2. The van der Waals surface area contributed by atoms with Crippen LogP contribution in [0.15, 0.2) is 6.33 Å². The molecule has 0 saturated heterocycles. The molecule has 0 aliphatic heterocycles. The van der Waals surface area contributed by atoms with Gasteiger partial charge in [-0.2, -0.15) is 4.98 Å². The summed E-state index contributed by atoms with van der Waals surface area (Å²) in [5.41, 5.74) is 1.30. The standard InChI is InChI=1S/C12H17ClN4O2S/c1-8(4-5-20(3)18)17-9(6-13)16-10-11(17)14-7-15-12(10)19-2/h7-8H,4-6H2,1-3H3. The first-order chi connectivity index (χ1) is 9.58. The predicted octanol–water partition coefficient (Wildman–Crippen LogP) is 1.90. The normalized spacial score (nSPS) is 14.4. The molecule has 2 aromatic heterocycles. The van der Waals surface area contributed by atoms with Gasteiger partial charge in [-0.1, -0.05) is 0 Å². The summed E-state index contributed by atoms with van der Waals surface area (Å²) in [6.45, 7) is 2.04. The van der Waals surface area contributed by atoms with Crippen LogP contribution in [0.1, 0.15) is 25.2 Å². The Bertz CT molecular complexity index is 631. The molecule has 0 saturated carbocycles. The highest BCUT2D eigenvalue weighted by Crippen LogP contribution is 2.26. The molecule has 0 fully saturated rings. The Labute approximate surface area is 125 Å². The van der Waals surface area contributed by atoms with E-state index in [2.05, 4.69) is 15.0 Å². The van der Waals surface area contributed by atoms with Gasteiger partial charge in [-0.3, -0.25) is 4.21 Å². The highest BCUT2D eigenvalue weighted by molar-refractivity contribution is 7.84. The Morgan fingerprint density at radius 1 is 1.50 bits per heavy atom. The Kier molecular flexibility index (Phi) is 4.93. The third-order valence-electron chi connectivity index (χ3n) is 3.09. The fraction of sp³-hybridized carbons (Fsp3) is 0.583. The van der Waals surface area contributed by atoms with Crippen LogP contribution in [0.3, 0.4) is 0 Å². The van der Waals surface area contributed by atoms with E-state index in [-0.39, 0.29) is 11.9 Å². The molecule has 0 aliphatic carbocycles. The van der Waals surface area contributed by atoms with Crippen molar-refractivity contribution in [2.24, 2.45) is 0 Å². The van der Waals surface area contributed by atoms with Crippen molar-refractivity contribution in [1.29, 1.82) is 0 Å². The molecule has 20 heavy (non-hydrogen) atoms. The highest BCUT2D eigenvalue weighted by Gasteiger charge is 2.19. The van der Waals surface area contributed by atoms with Crippen LogP contribution in [-0.4, -0.2) is 42.8 Å². The summed E-state index contributed by atoms with van der Waals surface area (Å²) in [4.78, 5) is 12.8. The monoisotopic (exact) mass is 316 g/mol. The number of alkyl halides is 1. The van der Waals surface area contributed by atoms with Gasteiger partial charge in [-0.05, 0) is 13.3 Å². The first-order valence-electron chi connectivity index (χ1n) is 6.20. The summed E-state index contributed by atoms with van der Waals surface area (Å²) in [5, 5.41) is 0. The molecule has 0 bridgehead atoms. The maximum atomic E-state index is 11.3. The second-order valence-corrected chi connectivity index (χ2v) is 6.32. The molecule has 0 spiro atoms. The lowest BCUT2D eigenvalue weighted by Gasteiger charge is -2.15. The molecule has 0 radical (unpaired) electrons. The van der Waals surface area contributed by atoms with Gasteiger partial charge in [0.1, 0.15) is 12.2 Å². The molecule has 0 aromatic carbocycles. The zero-order valence-electron chi connectivity index (χ0n) is 11.7. The summed E-state index contributed by atoms with van der Waals surface area (Å²) >= 11 is 5.97. The number of imidazole rings is 1. The number of fused-ring (bicyclic) bond motifs is 1. The van der Waals surface area contributed by atoms with E-state index in [0.29, 0.717) is 22.8 Å². The van der Waals surface area contributed by atoms with Gasteiger partial charge in [-0.25, -0.2) is 9.97 Å². The molecule has 2 aromatic rings. The maximum Gasteiger partial charge on any atom is 0.245 e. The minimum Gasteiger partial charge on any atom is -0.479 e. The van der Waals surface area contributed by atoms with Crippen LogP contribution >= 0.6 is 11.6 Å². The van der Waals surface area contributed by atoms with Crippen molar-refractivity contribution < 1.29 is 8.95 Å². The molecule has 2 rings (SSSR count). The lowest BCUT2D eigenvalue weighted by molar-refractivity contribution is 0.401. The number of ether oxygens (including phenoxy) is 1. The molecule has 2 heterocycles. The number of nitrogens with zero attached hydrogens (tertiary/aromatic N) is 4. The molecule has 0 amide bonds. The van der Waals surface area contributed by atoms with Gasteiger partial charge >= 0.3 is 0 Å². The molecular weight excluding hydrogens is 300 g/mol. The van der Waals surface area contributed by atoms with Crippen LogP contribution in [-0.2, 0) is 16.7 Å². The third kappa shape index (κ3) is 2.93. The molecular formula is C12H17ClN4O2S. The van der Waals surface area contributed by atoms with E-state index >= 15 is 0 Å². The minimum atomic E-state index is -0.820. The molecule has 2 unspecified atom stereocenters. The SMILES string of the molecule is COc1ncnc2c1nc(CCl)n2C(C)CCS(C)=O. The van der Waals surface area contributed by atoms with Gasteiger partial charge < -0.3 is 9.30 Å². The molecule has 110 valence electrons. The summed E-state index contributed by atoms with van der Waals surface area (Å²) < 4.78 is 18.4. The molecule has 0 N–H and O–H groups in total. The van der Waals surface area contributed by atoms with Crippen LogP contribution in [0, 0.1) is 0 Å². The summed E-state index contributed by atoms with van der Waals surface area (Å²) in [5.74, 6) is 2.06. The number of rotatable bonds is 6. The van der Waals surface area contributed by atoms with Crippen molar-refractivity contribution in [3.63, 3.8) is 0 Å². The van der Waals surface area contributed by atoms with E-state index < -0.39 is 10.8 Å². The Morgan fingerprint density at radius 3 is 2.85 bits per heavy atom. The van der Waals surface area contributed by atoms with E-state index in [1.807, 2.05) is 11.5 Å². The number of hydrogen-bond donors (Lipinski definition) is 0. The van der Waals surface area contributed by atoms with Gasteiger partial charge in [0, 0.05) is 28.9 Å². The van der Waals surface area contributed by atoms with Gasteiger partial charge in [0.15, 0.2) is 11.2 Å². The van der Waals surface area contributed by atoms with Gasteiger partial charge in [0.25, 0.3) is 0 Å². The van der Waals surface area contributed by atoms with Crippen molar-refractivity contribution in [2.75, 3.05) is 19.1 Å². The topological polar surface area (TPSA) is 69.9 Å². The van der Waals surface area contributed by atoms with Gasteiger partial charge in [0.05, 0.1) is 13.0 Å². The molecule has 0 aliphatic rings. The average Bonchev–Trinajstić information content (AvgIpc) is 2.82. The molecule has 6 nitrogen and oxygen atoms in total. The van der Waals surface area contributed by atoms with Crippen molar-refractivity contribution in [3.05, 3.63) is 12.2 Å². The van der Waals surface area contributed by atoms with Crippen molar-refractivity contribution in [2.45, 2.75) is 25.3 Å². The van der Waals surface area contributed by atoms with E-state index in [1.54, 1.807) is 13.4 Å². The van der Waals surface area contributed by atoms with Crippen molar-refractivity contribution >= 4 is 33.6 Å². The fourth-order valence-electron chi connectivity index (χ4n) is 2.11. The predicted molar refractivity (Wildman–Crippen MR) is 79.7 cm³/mol. The quantitative estimate of drug-likeness (QED) is 0.761. The highest BCUT2D eigenvalue weighted by atomic mass is 35.5. The van der Waals surface area contributed by atoms with E-state index in [4.69, 9.17) is 16.3 Å². The van der Waals surface area contributed by atoms with Gasteiger partial charge in [-0.15, -0.1) is 11.6 Å². The number of aromatic nitrogens is 4. The molecule has 8 heteroatoms. The van der Waals surface area contributed by atoms with Crippen LogP contribution in [0.4, 0.5) is 0 Å². The maximum absolute atomic E-state index is 11.3. The second kappa shape index (κ2) is 6.49. The van der Waals surface area contributed by atoms with Gasteiger partial charge in [0.2, 0.25) is 5.88 Å². The minimum absolute atomic E-state index is 0.109. The lowest BCUT2D eigenvalue weighted by Crippen LogP contribution is -2.12. The summed E-state index contributed by atoms with van der Waals surface area (Å²) in [6.07, 6.45) is 3.92. The lowest BCUT2D eigenvalue weighted by atomic mass is 10.2. The fourth-order valence-corrected chi connectivity index (χ4v) is 2.97. The van der Waals surface area contributed by atoms with E-state index in [0.717, 1.165) is 12.2 Å². The van der Waals surface area contributed by atoms with Crippen LogP contribution < -0.4 is 4.74 Å². The Morgan fingerprint density at radius 2 is 2.25 bits per heavy atom. The third-order valence-corrected chi connectivity index (χ3v) is 4.14. The second-order valence-electron chi connectivity index (χ2n) is 4.50. The van der Waals surface area contributed by atoms with E-state index in [9.17, 15) is 4.21 Å². The largest absolute Gasteiger partial charge is 0.479 e. The van der Waals surface area contributed by atoms with Crippen molar-refractivity contribution in [1.82, 2.24) is 19.5 Å². The number of halogens is 1. The summed E-state index contributed by atoms with van der Waals surface area (Å²) in [7, 11) is 0.726. The number of hydrogen-bond acceptors (Lipinski definition) is 5. The van der Waals surface area contributed by atoms with Crippen LogP contribution in [0.2, 0.25) is 0 Å². The van der Waals surface area contributed by atoms with Crippen LogP contribution in [0.5, 0.6) is 5.88 Å². The Hall–Kier alpha value is -1.21. The number of methoxy groups -OCH3 is 1. The zero-order valence-corrected chi connectivity index (χ0v) is 13.2. The van der Waals surface area contributed by atoms with Crippen LogP contribution in [0.25, 0.3) is 11.2 Å². The Balaban J connectivity index is 2.47. The van der Waals surface area contributed by atoms with E-state index in [1.165, 1.54) is 6.33 Å². The summed E-state index contributed by atoms with van der Waals surface area (Å²) in [6, 6.07) is 0.109. The average molecular weight is 317 g/mol. The van der Waals surface area contributed by atoms with Crippen molar-refractivity contribution in [3.8, 4) is 5.88 Å².